The Morgan fingerprint density at radius 1 is 1.03 bits per heavy atom. The number of alkyl carbamates (subject to hydrolysis) is 1. The van der Waals surface area contributed by atoms with Crippen LogP contribution in [0.3, 0.4) is 0 Å². The van der Waals surface area contributed by atoms with E-state index in [1.54, 1.807) is 41.5 Å². The summed E-state index contributed by atoms with van der Waals surface area (Å²) in [7, 11) is 0. The molecular formula is C20H26ClF3N2O4. The second-order valence-electron chi connectivity index (χ2n) is 9.21. The van der Waals surface area contributed by atoms with Crippen molar-refractivity contribution in [3.8, 4) is 0 Å². The Hall–Kier alpha value is -2.16. The molecule has 30 heavy (non-hydrogen) atoms. The van der Waals surface area contributed by atoms with Crippen molar-refractivity contribution >= 4 is 23.8 Å². The van der Waals surface area contributed by atoms with E-state index in [0.29, 0.717) is 0 Å². The maximum Gasteiger partial charge on any atom is 0.416 e. The average molecular weight is 451 g/mol. The van der Waals surface area contributed by atoms with Gasteiger partial charge in [0.15, 0.2) is 0 Å². The second kappa shape index (κ2) is 7.83. The Balaban J connectivity index is 2.44. The molecule has 0 bridgehead atoms. The highest BCUT2D eigenvalue weighted by Gasteiger charge is 2.54. The predicted molar refractivity (Wildman–Crippen MR) is 105 cm³/mol. The number of likely N-dealkylation sites (tertiary alicyclic amines) is 1. The minimum atomic E-state index is -4.71. The van der Waals surface area contributed by atoms with E-state index in [-0.39, 0.29) is 23.7 Å². The Bertz CT molecular complexity index is 823. The van der Waals surface area contributed by atoms with Gasteiger partial charge in [-0.1, -0.05) is 17.7 Å². The van der Waals surface area contributed by atoms with Gasteiger partial charge in [0, 0.05) is 10.6 Å². The van der Waals surface area contributed by atoms with Gasteiger partial charge in [0.05, 0.1) is 18.7 Å². The van der Waals surface area contributed by atoms with Crippen molar-refractivity contribution < 1.29 is 32.2 Å². The first-order valence-corrected chi connectivity index (χ1v) is 9.67. The predicted octanol–water partition coefficient (Wildman–Crippen LogP) is 5.33. The maximum absolute atomic E-state index is 13.7. The lowest BCUT2D eigenvalue weighted by molar-refractivity contribution is -0.139. The number of benzene rings is 1. The van der Waals surface area contributed by atoms with Crippen molar-refractivity contribution in [1.82, 2.24) is 10.2 Å². The van der Waals surface area contributed by atoms with Crippen LogP contribution in [0.4, 0.5) is 22.8 Å². The van der Waals surface area contributed by atoms with Gasteiger partial charge in [-0.25, -0.2) is 9.59 Å². The molecule has 1 fully saturated rings. The molecule has 168 valence electrons. The standard InChI is InChI=1S/C20H26ClF3N2O4/c1-17(2,3)29-15(27)25-19(10-26(11-19)16(28)30-18(4,5)6)14-12(20(22,23)24)8-7-9-13(14)21/h7-9H,10-11H2,1-6H3,(H,25,27). The molecule has 0 aliphatic carbocycles. The first-order chi connectivity index (χ1) is 13.4. The van der Waals surface area contributed by atoms with Gasteiger partial charge in [0.25, 0.3) is 0 Å². The number of carbonyl (C=O) groups is 2. The summed E-state index contributed by atoms with van der Waals surface area (Å²) in [6, 6.07) is 3.37. The minimum absolute atomic E-state index is 0.176. The van der Waals surface area contributed by atoms with E-state index in [1.807, 2.05) is 0 Å². The smallest absolute Gasteiger partial charge is 0.416 e. The largest absolute Gasteiger partial charge is 0.444 e. The van der Waals surface area contributed by atoms with Crippen LogP contribution in [0, 0.1) is 0 Å². The fourth-order valence-corrected chi connectivity index (χ4v) is 3.46. The molecule has 1 aliphatic rings. The van der Waals surface area contributed by atoms with Gasteiger partial charge in [0.1, 0.15) is 16.7 Å². The van der Waals surface area contributed by atoms with E-state index in [0.717, 1.165) is 6.07 Å². The first kappa shape index (κ1) is 24.1. The van der Waals surface area contributed by atoms with E-state index < -0.39 is 40.7 Å². The lowest BCUT2D eigenvalue weighted by atomic mass is 9.79. The van der Waals surface area contributed by atoms with Crippen molar-refractivity contribution in [3.05, 3.63) is 34.3 Å². The molecule has 0 radical (unpaired) electrons. The summed E-state index contributed by atoms with van der Waals surface area (Å²) in [5.41, 5.74) is -4.54. The summed E-state index contributed by atoms with van der Waals surface area (Å²) in [5.74, 6) is 0. The third-order valence-corrected chi connectivity index (χ3v) is 4.43. The van der Waals surface area contributed by atoms with Gasteiger partial charge >= 0.3 is 18.4 Å². The zero-order chi connectivity index (χ0) is 23.1. The first-order valence-electron chi connectivity index (χ1n) is 9.29. The van der Waals surface area contributed by atoms with Crippen LogP contribution < -0.4 is 5.32 Å². The van der Waals surface area contributed by atoms with E-state index in [1.165, 1.54) is 17.0 Å². The summed E-state index contributed by atoms with van der Waals surface area (Å²) in [6.07, 6.45) is -6.33. The van der Waals surface area contributed by atoms with Gasteiger partial charge in [-0.05, 0) is 53.7 Å². The quantitative estimate of drug-likeness (QED) is 0.661. The van der Waals surface area contributed by atoms with E-state index in [9.17, 15) is 22.8 Å². The third kappa shape index (κ3) is 5.71. The van der Waals surface area contributed by atoms with Crippen LogP contribution in [0.15, 0.2) is 18.2 Å². The maximum atomic E-state index is 13.7. The van der Waals surface area contributed by atoms with Crippen LogP contribution in [0.25, 0.3) is 0 Å². The molecule has 0 saturated carbocycles. The van der Waals surface area contributed by atoms with Crippen LogP contribution in [0.1, 0.15) is 52.7 Å². The van der Waals surface area contributed by atoms with E-state index in [2.05, 4.69) is 5.32 Å². The molecule has 1 aliphatic heterocycles. The highest BCUT2D eigenvalue weighted by molar-refractivity contribution is 6.31. The Labute approximate surface area is 178 Å². The number of ether oxygens (including phenoxy) is 2. The molecule has 0 unspecified atom stereocenters. The van der Waals surface area contributed by atoms with Gasteiger partial charge < -0.3 is 19.7 Å². The SMILES string of the molecule is CC(C)(C)OC(=O)NC1(c2c(Cl)cccc2C(F)(F)F)CN(C(=O)OC(C)(C)C)C1. The molecule has 0 spiro atoms. The number of carbonyl (C=O) groups excluding carboxylic acids is 2. The number of nitrogens with zero attached hydrogens (tertiary/aromatic N) is 1. The topological polar surface area (TPSA) is 67.9 Å². The second-order valence-corrected chi connectivity index (χ2v) is 9.61. The Morgan fingerprint density at radius 3 is 2.03 bits per heavy atom. The molecule has 0 atom stereocenters. The number of amides is 2. The summed E-state index contributed by atoms with van der Waals surface area (Å²) >= 11 is 6.16. The number of nitrogens with one attached hydrogen (secondary N) is 1. The third-order valence-electron chi connectivity index (χ3n) is 4.11. The number of rotatable bonds is 2. The lowest BCUT2D eigenvalue weighted by Gasteiger charge is -2.51. The van der Waals surface area contributed by atoms with E-state index in [4.69, 9.17) is 21.1 Å². The molecule has 6 nitrogen and oxygen atoms in total. The van der Waals surface area contributed by atoms with Crippen LogP contribution in [0.5, 0.6) is 0 Å². The zero-order valence-electron chi connectivity index (χ0n) is 17.7. The zero-order valence-corrected chi connectivity index (χ0v) is 18.5. The van der Waals surface area contributed by atoms with Crippen molar-refractivity contribution in [2.75, 3.05) is 13.1 Å². The van der Waals surface area contributed by atoms with Gasteiger partial charge in [-0.15, -0.1) is 0 Å². The molecular weight excluding hydrogens is 425 g/mol. The molecule has 2 amide bonds. The van der Waals surface area contributed by atoms with Gasteiger partial charge in [0.2, 0.25) is 0 Å². The summed E-state index contributed by atoms with van der Waals surface area (Å²) in [5, 5.41) is 2.33. The molecule has 1 aromatic rings. The van der Waals surface area contributed by atoms with Crippen LogP contribution in [-0.4, -0.2) is 41.4 Å². The molecule has 2 rings (SSSR count). The number of hydrogen-bond donors (Lipinski definition) is 1. The molecule has 10 heteroatoms. The van der Waals surface area contributed by atoms with Gasteiger partial charge in [-0.3, -0.25) is 0 Å². The number of halogens is 4. The van der Waals surface area contributed by atoms with Crippen molar-refractivity contribution in [1.29, 1.82) is 0 Å². The Kier molecular flexibility index (Phi) is 6.29. The van der Waals surface area contributed by atoms with Crippen LogP contribution in [0.2, 0.25) is 5.02 Å². The van der Waals surface area contributed by atoms with Gasteiger partial charge in [-0.2, -0.15) is 13.2 Å². The summed E-state index contributed by atoms with van der Waals surface area (Å²) in [6.45, 7) is 9.39. The molecule has 1 N–H and O–H groups in total. The Morgan fingerprint density at radius 2 is 1.57 bits per heavy atom. The highest BCUT2D eigenvalue weighted by atomic mass is 35.5. The van der Waals surface area contributed by atoms with Crippen LogP contribution in [-0.2, 0) is 21.2 Å². The van der Waals surface area contributed by atoms with Crippen LogP contribution >= 0.6 is 11.6 Å². The lowest BCUT2D eigenvalue weighted by Crippen LogP contribution is -2.70. The monoisotopic (exact) mass is 450 g/mol. The fourth-order valence-electron chi connectivity index (χ4n) is 3.11. The normalized spacial score (nSPS) is 16.5. The number of hydrogen-bond acceptors (Lipinski definition) is 4. The summed E-state index contributed by atoms with van der Waals surface area (Å²) in [4.78, 5) is 26.0. The molecule has 1 saturated heterocycles. The molecule has 1 aromatic carbocycles. The average Bonchev–Trinajstić information content (AvgIpc) is 2.45. The van der Waals surface area contributed by atoms with Crippen molar-refractivity contribution in [2.24, 2.45) is 0 Å². The molecule has 0 aromatic heterocycles. The fraction of sp³-hybridized carbons (Fsp3) is 0.600. The van der Waals surface area contributed by atoms with E-state index >= 15 is 0 Å². The van der Waals surface area contributed by atoms with Crippen molar-refractivity contribution in [2.45, 2.75) is 64.5 Å². The summed E-state index contributed by atoms with van der Waals surface area (Å²) < 4.78 is 51.6. The number of alkyl halides is 3. The highest BCUT2D eigenvalue weighted by Crippen LogP contribution is 2.44. The molecule has 1 heterocycles. The van der Waals surface area contributed by atoms with Crippen molar-refractivity contribution in [3.63, 3.8) is 0 Å². The minimum Gasteiger partial charge on any atom is -0.444 e.